The first-order valence-corrected chi connectivity index (χ1v) is 4.48. The summed E-state index contributed by atoms with van der Waals surface area (Å²) in [7, 11) is 0. The Kier molecular flexibility index (Phi) is 1.07. The maximum Gasteiger partial charge on any atom is 0.338 e. The third-order valence-corrected chi connectivity index (χ3v) is 3.32. The second kappa shape index (κ2) is 1.95. The molecule has 3 aliphatic carbocycles. The zero-order valence-electron chi connectivity index (χ0n) is 7.10. The second-order valence-corrected chi connectivity index (χ2v) is 4.18. The predicted octanol–water partition coefficient (Wildman–Crippen LogP) is 1.09. The van der Waals surface area contributed by atoms with E-state index >= 15 is 0 Å². The van der Waals surface area contributed by atoms with E-state index in [1.54, 1.807) is 6.20 Å². The first-order chi connectivity index (χ1) is 6.20. The van der Waals surface area contributed by atoms with Crippen LogP contribution < -0.4 is 0 Å². The summed E-state index contributed by atoms with van der Waals surface area (Å²) in [5, 5.41) is 12.8. The monoisotopic (exact) mass is 178 g/mol. The third kappa shape index (κ3) is 0.753. The zero-order valence-corrected chi connectivity index (χ0v) is 7.10. The van der Waals surface area contributed by atoms with Gasteiger partial charge < -0.3 is 5.11 Å². The molecular formula is C9H10N2O2. The Morgan fingerprint density at radius 3 is 2.69 bits per heavy atom. The van der Waals surface area contributed by atoms with Crippen molar-refractivity contribution in [1.82, 2.24) is 9.78 Å². The van der Waals surface area contributed by atoms with Crippen LogP contribution in [0.15, 0.2) is 12.4 Å². The fourth-order valence-corrected chi connectivity index (χ4v) is 2.41. The molecule has 0 aliphatic heterocycles. The molecule has 1 aromatic heterocycles. The van der Waals surface area contributed by atoms with Crippen LogP contribution in [0.5, 0.6) is 0 Å². The van der Waals surface area contributed by atoms with Gasteiger partial charge in [0.15, 0.2) is 0 Å². The smallest absolute Gasteiger partial charge is 0.338 e. The van der Waals surface area contributed by atoms with Crippen LogP contribution >= 0.6 is 0 Å². The van der Waals surface area contributed by atoms with Crippen molar-refractivity contribution in [3.8, 4) is 0 Å². The van der Waals surface area contributed by atoms with Crippen molar-refractivity contribution in [3.05, 3.63) is 18.0 Å². The highest BCUT2D eigenvalue weighted by Gasteiger charge is 2.58. The highest BCUT2D eigenvalue weighted by atomic mass is 16.4. The SMILES string of the molecule is O=C(O)c1cnn(C23CC(C2)C3)c1. The van der Waals surface area contributed by atoms with Gasteiger partial charge in [-0.2, -0.15) is 5.10 Å². The molecule has 3 saturated carbocycles. The van der Waals surface area contributed by atoms with Crippen molar-refractivity contribution < 1.29 is 9.90 Å². The van der Waals surface area contributed by atoms with Crippen molar-refractivity contribution in [2.24, 2.45) is 5.92 Å². The molecule has 0 aromatic carbocycles. The van der Waals surface area contributed by atoms with E-state index in [0.29, 0.717) is 5.56 Å². The molecule has 1 aromatic rings. The molecule has 0 spiro atoms. The maximum atomic E-state index is 10.6. The standard InChI is InChI=1S/C9H10N2O2/c12-8(13)7-4-10-11(5-7)9-1-6(2-9)3-9/h4-6H,1-3H2,(H,12,13). The molecule has 1 heterocycles. The lowest BCUT2D eigenvalue weighted by molar-refractivity contribution is -0.0978. The number of aromatic carboxylic acids is 1. The molecule has 0 unspecified atom stereocenters. The largest absolute Gasteiger partial charge is 0.478 e. The summed E-state index contributed by atoms with van der Waals surface area (Å²) >= 11 is 0. The molecule has 4 heteroatoms. The Morgan fingerprint density at radius 1 is 1.62 bits per heavy atom. The van der Waals surface area contributed by atoms with E-state index in [1.807, 2.05) is 4.68 Å². The third-order valence-electron chi connectivity index (χ3n) is 3.32. The van der Waals surface area contributed by atoms with Crippen LogP contribution in [0.2, 0.25) is 0 Å². The Labute approximate surface area is 75.2 Å². The first kappa shape index (κ1) is 7.12. The van der Waals surface area contributed by atoms with E-state index in [9.17, 15) is 4.79 Å². The molecule has 3 fully saturated rings. The number of hydrogen-bond donors (Lipinski definition) is 1. The van der Waals surface area contributed by atoms with E-state index in [2.05, 4.69) is 5.10 Å². The van der Waals surface area contributed by atoms with E-state index in [-0.39, 0.29) is 5.54 Å². The van der Waals surface area contributed by atoms with E-state index in [0.717, 1.165) is 5.92 Å². The minimum Gasteiger partial charge on any atom is -0.478 e. The van der Waals surface area contributed by atoms with Crippen LogP contribution in [0.25, 0.3) is 0 Å². The van der Waals surface area contributed by atoms with Gasteiger partial charge in [-0.3, -0.25) is 4.68 Å². The molecule has 13 heavy (non-hydrogen) atoms. The average molecular weight is 178 g/mol. The average Bonchev–Trinajstić information content (AvgIpc) is 2.28. The van der Waals surface area contributed by atoms with Crippen LogP contribution in [-0.4, -0.2) is 20.9 Å². The molecule has 0 atom stereocenters. The number of nitrogens with zero attached hydrogens (tertiary/aromatic N) is 2. The summed E-state index contributed by atoms with van der Waals surface area (Å²) in [6, 6.07) is 0. The fraction of sp³-hybridized carbons (Fsp3) is 0.556. The molecule has 0 saturated heterocycles. The lowest BCUT2D eigenvalue weighted by Crippen LogP contribution is -2.59. The molecule has 3 aliphatic rings. The van der Waals surface area contributed by atoms with Crippen molar-refractivity contribution in [2.75, 3.05) is 0 Å². The maximum absolute atomic E-state index is 10.6. The van der Waals surface area contributed by atoms with Gasteiger partial charge in [0.1, 0.15) is 0 Å². The molecule has 4 rings (SSSR count). The van der Waals surface area contributed by atoms with Gasteiger partial charge in [-0.15, -0.1) is 0 Å². The Balaban J connectivity index is 1.93. The Morgan fingerprint density at radius 2 is 2.31 bits per heavy atom. The number of rotatable bonds is 2. The highest BCUT2D eigenvalue weighted by Crippen LogP contribution is 2.61. The van der Waals surface area contributed by atoms with Gasteiger partial charge in [-0.25, -0.2) is 4.79 Å². The summed E-state index contributed by atoms with van der Waals surface area (Å²) in [4.78, 5) is 10.6. The van der Waals surface area contributed by atoms with Crippen LogP contribution in [0.4, 0.5) is 0 Å². The zero-order chi connectivity index (χ0) is 9.05. The van der Waals surface area contributed by atoms with Crippen molar-refractivity contribution in [1.29, 1.82) is 0 Å². The van der Waals surface area contributed by atoms with Gasteiger partial charge in [-0.1, -0.05) is 0 Å². The van der Waals surface area contributed by atoms with Gasteiger partial charge in [0.25, 0.3) is 0 Å². The van der Waals surface area contributed by atoms with Gasteiger partial charge in [0.05, 0.1) is 17.3 Å². The quantitative estimate of drug-likeness (QED) is 0.737. The topological polar surface area (TPSA) is 55.1 Å². The normalized spacial score (nSPS) is 34.9. The van der Waals surface area contributed by atoms with Crippen LogP contribution in [0.3, 0.4) is 0 Å². The summed E-state index contributed by atoms with van der Waals surface area (Å²) in [5.41, 5.74) is 0.503. The van der Waals surface area contributed by atoms with Crippen LogP contribution in [0, 0.1) is 5.92 Å². The van der Waals surface area contributed by atoms with E-state index in [1.165, 1.54) is 25.5 Å². The summed E-state index contributed by atoms with van der Waals surface area (Å²) < 4.78 is 1.84. The van der Waals surface area contributed by atoms with Gasteiger partial charge in [-0.05, 0) is 25.2 Å². The second-order valence-electron chi connectivity index (χ2n) is 4.18. The molecule has 0 amide bonds. The Hall–Kier alpha value is -1.32. The number of carboxylic acids is 1. The number of hydrogen-bond acceptors (Lipinski definition) is 2. The van der Waals surface area contributed by atoms with Crippen LogP contribution in [-0.2, 0) is 5.54 Å². The number of carbonyl (C=O) groups is 1. The molecule has 2 bridgehead atoms. The molecule has 68 valence electrons. The van der Waals surface area contributed by atoms with Crippen molar-refractivity contribution in [2.45, 2.75) is 24.8 Å². The van der Waals surface area contributed by atoms with Crippen molar-refractivity contribution in [3.63, 3.8) is 0 Å². The number of carboxylic acid groups (broad SMARTS) is 1. The number of aromatic nitrogens is 2. The fourth-order valence-electron chi connectivity index (χ4n) is 2.41. The molecule has 4 nitrogen and oxygen atoms in total. The summed E-state index contributed by atoms with van der Waals surface area (Å²) in [5.74, 6) is -0.00433. The lowest BCUT2D eigenvalue weighted by Gasteiger charge is -2.61. The molecular weight excluding hydrogens is 168 g/mol. The summed E-state index contributed by atoms with van der Waals surface area (Å²) in [6.45, 7) is 0. The highest BCUT2D eigenvalue weighted by molar-refractivity contribution is 5.86. The minimum atomic E-state index is -0.891. The molecule has 0 radical (unpaired) electrons. The van der Waals surface area contributed by atoms with Crippen molar-refractivity contribution >= 4 is 5.97 Å². The van der Waals surface area contributed by atoms with Gasteiger partial charge >= 0.3 is 5.97 Å². The van der Waals surface area contributed by atoms with Crippen LogP contribution in [0.1, 0.15) is 29.6 Å². The summed E-state index contributed by atoms with van der Waals surface area (Å²) in [6.07, 6.45) is 6.65. The Bertz CT molecular complexity index is 366. The lowest BCUT2D eigenvalue weighted by atomic mass is 9.50. The predicted molar refractivity (Wildman–Crippen MR) is 44.5 cm³/mol. The van der Waals surface area contributed by atoms with E-state index < -0.39 is 5.97 Å². The minimum absolute atomic E-state index is 0.207. The van der Waals surface area contributed by atoms with Gasteiger partial charge in [0.2, 0.25) is 0 Å². The molecule has 1 N–H and O–H groups in total. The van der Waals surface area contributed by atoms with Gasteiger partial charge in [0, 0.05) is 6.20 Å². The first-order valence-electron chi connectivity index (χ1n) is 4.48. The van der Waals surface area contributed by atoms with E-state index in [4.69, 9.17) is 5.11 Å².